The third-order valence-electron chi connectivity index (χ3n) is 4.78. The van der Waals surface area contributed by atoms with E-state index >= 15 is 0 Å². The Bertz CT molecular complexity index is 723. The number of carbonyl (C=O) groups is 1. The van der Waals surface area contributed by atoms with Gasteiger partial charge in [0.05, 0.1) is 5.92 Å². The third kappa shape index (κ3) is 5.42. The lowest BCUT2D eigenvalue weighted by atomic mass is 9.97. The minimum Gasteiger partial charge on any atom is -0.436 e. The first-order valence-corrected chi connectivity index (χ1v) is 9.84. The molecule has 6 heteroatoms. The van der Waals surface area contributed by atoms with Crippen LogP contribution in [0.1, 0.15) is 39.0 Å². The van der Waals surface area contributed by atoms with E-state index < -0.39 is 0 Å². The zero-order valence-electron chi connectivity index (χ0n) is 15.9. The van der Waals surface area contributed by atoms with E-state index in [0.717, 1.165) is 50.9 Å². The molecule has 1 amide bonds. The summed E-state index contributed by atoms with van der Waals surface area (Å²) < 4.78 is 5.93. The minimum absolute atomic E-state index is 0.0213. The Balaban J connectivity index is 1.65. The van der Waals surface area contributed by atoms with E-state index in [9.17, 15) is 4.79 Å². The van der Waals surface area contributed by atoms with Crippen molar-refractivity contribution in [1.82, 2.24) is 15.3 Å². The number of ether oxygens (including phenoxy) is 1. The molecule has 0 spiro atoms. The van der Waals surface area contributed by atoms with Crippen molar-refractivity contribution in [2.24, 2.45) is 5.92 Å². The van der Waals surface area contributed by atoms with Gasteiger partial charge in [0.2, 0.25) is 5.91 Å². The summed E-state index contributed by atoms with van der Waals surface area (Å²) in [5, 5.41) is 3.08. The van der Waals surface area contributed by atoms with Gasteiger partial charge in [-0.15, -0.1) is 0 Å². The summed E-state index contributed by atoms with van der Waals surface area (Å²) in [5.74, 6) is 2.02. The predicted molar refractivity (Wildman–Crippen MR) is 106 cm³/mol. The van der Waals surface area contributed by atoms with E-state index in [4.69, 9.17) is 4.74 Å². The second-order valence-electron chi connectivity index (χ2n) is 6.88. The maximum absolute atomic E-state index is 12.5. The molecule has 2 heterocycles. The second-order valence-corrected chi connectivity index (χ2v) is 6.88. The Hall–Kier alpha value is -2.63. The van der Waals surface area contributed by atoms with E-state index in [2.05, 4.69) is 27.1 Å². The summed E-state index contributed by atoms with van der Waals surface area (Å²) in [6, 6.07) is 9.57. The Morgan fingerprint density at radius 3 is 2.85 bits per heavy atom. The zero-order valence-corrected chi connectivity index (χ0v) is 15.9. The van der Waals surface area contributed by atoms with Gasteiger partial charge in [-0.25, -0.2) is 9.97 Å². The zero-order chi connectivity index (χ0) is 18.9. The first kappa shape index (κ1) is 19.1. The number of aromatic nitrogens is 2. The maximum atomic E-state index is 12.5. The van der Waals surface area contributed by atoms with Crippen LogP contribution >= 0.6 is 0 Å². The van der Waals surface area contributed by atoms with Crippen LogP contribution in [0.3, 0.4) is 0 Å². The van der Waals surface area contributed by atoms with Crippen molar-refractivity contribution in [2.75, 3.05) is 24.5 Å². The highest BCUT2D eigenvalue weighted by molar-refractivity contribution is 5.79. The number of amides is 1. The Morgan fingerprint density at radius 2 is 2.04 bits per heavy atom. The van der Waals surface area contributed by atoms with Crippen molar-refractivity contribution in [3.05, 3.63) is 42.7 Å². The second kappa shape index (κ2) is 9.90. The fraction of sp³-hybridized carbons (Fsp3) is 0.476. The number of hydrogen-bond acceptors (Lipinski definition) is 5. The van der Waals surface area contributed by atoms with Gasteiger partial charge in [-0.05, 0) is 31.4 Å². The molecule has 1 atom stereocenters. The van der Waals surface area contributed by atoms with Gasteiger partial charge < -0.3 is 15.0 Å². The number of nitrogens with zero attached hydrogens (tertiary/aromatic N) is 3. The van der Waals surface area contributed by atoms with E-state index in [-0.39, 0.29) is 11.8 Å². The molecule has 1 fully saturated rings. The lowest BCUT2D eigenvalue weighted by molar-refractivity contribution is -0.125. The molecule has 1 saturated heterocycles. The Labute approximate surface area is 161 Å². The molecule has 1 aromatic carbocycles. The predicted octanol–water partition coefficient (Wildman–Crippen LogP) is 3.79. The van der Waals surface area contributed by atoms with E-state index in [1.165, 1.54) is 0 Å². The molecule has 1 aromatic heterocycles. The number of benzene rings is 1. The number of rotatable bonds is 8. The van der Waals surface area contributed by atoms with Gasteiger partial charge in [0.25, 0.3) is 5.88 Å². The molecule has 6 nitrogen and oxygen atoms in total. The number of anilines is 1. The summed E-state index contributed by atoms with van der Waals surface area (Å²) in [5.41, 5.74) is 0. The Morgan fingerprint density at radius 1 is 1.22 bits per heavy atom. The lowest BCUT2D eigenvalue weighted by Gasteiger charge is -2.33. The molecule has 0 bridgehead atoms. The number of nitrogens with one attached hydrogen (secondary N) is 1. The van der Waals surface area contributed by atoms with Crippen LogP contribution in [0.15, 0.2) is 42.7 Å². The highest BCUT2D eigenvalue weighted by atomic mass is 16.5. The van der Waals surface area contributed by atoms with E-state index in [0.29, 0.717) is 18.2 Å². The molecule has 3 rings (SSSR count). The van der Waals surface area contributed by atoms with Crippen molar-refractivity contribution in [1.29, 1.82) is 0 Å². The SMILES string of the molecule is CCCCCNC(=O)[C@@H]1CCCN(c2nccnc2Oc2ccccc2)C1. The smallest absolute Gasteiger partial charge is 0.263 e. The lowest BCUT2D eigenvalue weighted by Crippen LogP contribution is -2.43. The normalized spacial score (nSPS) is 16.8. The summed E-state index contributed by atoms with van der Waals surface area (Å²) in [4.78, 5) is 23.5. The van der Waals surface area contributed by atoms with Crippen molar-refractivity contribution < 1.29 is 9.53 Å². The molecule has 27 heavy (non-hydrogen) atoms. The molecule has 2 aromatic rings. The van der Waals surface area contributed by atoms with Crippen molar-refractivity contribution in [3.63, 3.8) is 0 Å². The van der Waals surface area contributed by atoms with Gasteiger partial charge in [-0.2, -0.15) is 0 Å². The summed E-state index contributed by atoms with van der Waals surface area (Å²) in [6.07, 6.45) is 8.50. The van der Waals surface area contributed by atoms with E-state index in [1.807, 2.05) is 30.3 Å². The Kier molecular flexibility index (Phi) is 7.02. The maximum Gasteiger partial charge on any atom is 0.263 e. The van der Waals surface area contributed by atoms with Crippen LogP contribution in [-0.4, -0.2) is 35.5 Å². The molecular formula is C21H28N4O2. The van der Waals surface area contributed by atoms with Crippen LogP contribution < -0.4 is 15.0 Å². The minimum atomic E-state index is -0.0213. The third-order valence-corrected chi connectivity index (χ3v) is 4.78. The van der Waals surface area contributed by atoms with Crippen LogP contribution in [0.4, 0.5) is 5.82 Å². The molecule has 0 radical (unpaired) electrons. The molecular weight excluding hydrogens is 340 g/mol. The van der Waals surface area contributed by atoms with E-state index in [1.54, 1.807) is 12.4 Å². The van der Waals surface area contributed by atoms with Gasteiger partial charge >= 0.3 is 0 Å². The van der Waals surface area contributed by atoms with Crippen molar-refractivity contribution >= 4 is 11.7 Å². The van der Waals surface area contributed by atoms with Crippen LogP contribution in [0, 0.1) is 5.92 Å². The topological polar surface area (TPSA) is 67.4 Å². The fourth-order valence-electron chi connectivity index (χ4n) is 3.32. The number of piperidine rings is 1. The molecule has 0 saturated carbocycles. The molecule has 1 aliphatic heterocycles. The summed E-state index contributed by atoms with van der Waals surface area (Å²) in [6.45, 7) is 4.42. The van der Waals surface area contributed by atoms with Gasteiger partial charge in [-0.3, -0.25) is 4.79 Å². The first-order valence-electron chi connectivity index (χ1n) is 9.84. The van der Waals surface area contributed by atoms with Crippen LogP contribution in [0.5, 0.6) is 11.6 Å². The molecule has 144 valence electrons. The average molecular weight is 368 g/mol. The number of carbonyl (C=O) groups excluding carboxylic acids is 1. The van der Waals surface area contributed by atoms with Gasteiger partial charge in [0.1, 0.15) is 5.75 Å². The standard InChI is InChI=1S/C21H28N4O2/c1-2-3-7-12-23-20(26)17-9-8-15-25(16-17)19-21(24-14-13-22-19)27-18-10-5-4-6-11-18/h4-6,10-11,13-14,17H,2-3,7-9,12,15-16H2,1H3,(H,23,26)/t17-/m1/s1. The number of para-hydroxylation sites is 1. The quantitative estimate of drug-likeness (QED) is 0.718. The largest absolute Gasteiger partial charge is 0.436 e. The number of unbranched alkanes of at least 4 members (excludes halogenated alkanes) is 2. The van der Waals surface area contributed by atoms with Crippen molar-refractivity contribution in [3.8, 4) is 11.6 Å². The van der Waals surface area contributed by atoms with Crippen LogP contribution in [0.2, 0.25) is 0 Å². The summed E-state index contributed by atoms with van der Waals surface area (Å²) in [7, 11) is 0. The highest BCUT2D eigenvalue weighted by Crippen LogP contribution is 2.30. The fourth-order valence-corrected chi connectivity index (χ4v) is 3.32. The van der Waals surface area contributed by atoms with Gasteiger partial charge in [-0.1, -0.05) is 38.0 Å². The molecule has 0 aliphatic carbocycles. The molecule has 1 N–H and O–H groups in total. The van der Waals surface area contributed by atoms with Crippen molar-refractivity contribution in [2.45, 2.75) is 39.0 Å². The highest BCUT2D eigenvalue weighted by Gasteiger charge is 2.28. The summed E-state index contributed by atoms with van der Waals surface area (Å²) >= 11 is 0. The van der Waals surface area contributed by atoms with Crippen LogP contribution in [0.25, 0.3) is 0 Å². The first-order chi connectivity index (χ1) is 13.3. The number of hydrogen-bond donors (Lipinski definition) is 1. The molecule has 1 aliphatic rings. The molecule has 0 unspecified atom stereocenters. The van der Waals surface area contributed by atoms with Gasteiger partial charge in [0, 0.05) is 32.0 Å². The average Bonchev–Trinajstić information content (AvgIpc) is 2.72. The monoisotopic (exact) mass is 368 g/mol. The van der Waals surface area contributed by atoms with Crippen LogP contribution in [-0.2, 0) is 4.79 Å². The van der Waals surface area contributed by atoms with Gasteiger partial charge in [0.15, 0.2) is 5.82 Å².